The maximum atomic E-state index is 14.9. The summed E-state index contributed by atoms with van der Waals surface area (Å²) in [6.07, 6.45) is 20.3. The molecule has 0 radical (unpaired) electrons. The highest BCUT2D eigenvalue weighted by Crippen LogP contribution is 2.43. The molecule has 2 saturated carbocycles. The molecule has 1 unspecified atom stereocenters. The van der Waals surface area contributed by atoms with Crippen molar-refractivity contribution in [2.45, 2.75) is 256 Å². The van der Waals surface area contributed by atoms with Crippen molar-refractivity contribution in [1.29, 1.82) is 0 Å². The van der Waals surface area contributed by atoms with Gasteiger partial charge in [0.2, 0.25) is 11.7 Å². The first kappa shape index (κ1) is 103. The zero-order chi connectivity index (χ0) is 92.4. The molecule has 129 heavy (non-hydrogen) atoms. The number of nitrogen functional groups attached to an aromatic ring is 1. The van der Waals surface area contributed by atoms with E-state index in [4.69, 9.17) is 72.3 Å². The number of aromatic nitrogens is 8. The van der Waals surface area contributed by atoms with Crippen LogP contribution in [0.5, 0.6) is 5.75 Å². The Morgan fingerprint density at radius 3 is 2.18 bits per heavy atom. The van der Waals surface area contributed by atoms with Crippen LogP contribution >= 0.6 is 0 Å². The molecule has 5 aliphatic rings. The van der Waals surface area contributed by atoms with Gasteiger partial charge in [0.1, 0.15) is 59.7 Å². The van der Waals surface area contributed by atoms with Crippen LogP contribution in [0.1, 0.15) is 188 Å². The van der Waals surface area contributed by atoms with Crippen molar-refractivity contribution >= 4 is 51.6 Å². The summed E-state index contributed by atoms with van der Waals surface area (Å²) < 4.78 is 80.8. The van der Waals surface area contributed by atoms with E-state index in [0.29, 0.717) is 173 Å². The van der Waals surface area contributed by atoms with Gasteiger partial charge < -0.3 is 103 Å². The molecular formula is C95H146N12O22. The lowest BCUT2D eigenvalue weighted by Gasteiger charge is -2.43. The second kappa shape index (κ2) is 53.1. The third-order valence-electron chi connectivity index (χ3n) is 26.2. The van der Waals surface area contributed by atoms with Crippen molar-refractivity contribution in [2.75, 3.05) is 140 Å². The van der Waals surface area contributed by atoms with Gasteiger partial charge in [-0.2, -0.15) is 5.10 Å². The molecule has 1 aromatic carbocycles. The van der Waals surface area contributed by atoms with E-state index in [1.54, 1.807) is 60.0 Å². The van der Waals surface area contributed by atoms with Crippen LogP contribution in [0, 0.1) is 41.4 Å². The fourth-order valence-corrected chi connectivity index (χ4v) is 18.5. The Morgan fingerprint density at radius 2 is 1.46 bits per heavy atom. The predicted molar refractivity (Wildman–Crippen MR) is 483 cm³/mol. The smallest absolute Gasteiger partial charge is 0.329 e. The number of carbonyl (C=O) groups is 5. The second-order valence-electron chi connectivity index (χ2n) is 35.7. The summed E-state index contributed by atoms with van der Waals surface area (Å²) in [4.78, 5) is 84.2. The van der Waals surface area contributed by atoms with E-state index in [-0.39, 0.29) is 80.1 Å². The Labute approximate surface area is 759 Å². The maximum absolute atomic E-state index is 14.9. The number of rotatable bonds is 41. The van der Waals surface area contributed by atoms with E-state index in [1.165, 1.54) is 11.2 Å². The number of fused-ring (bicyclic) bond motifs is 5. The average Bonchev–Trinajstić information content (AvgIpc) is 1.63. The summed E-state index contributed by atoms with van der Waals surface area (Å²) in [5, 5.41) is 66.3. The molecule has 34 nitrogen and oxygen atoms in total. The molecule has 2 amide bonds. The summed E-state index contributed by atoms with van der Waals surface area (Å²) >= 11 is 0. The number of nitrogens with zero attached hydrogens (tertiary/aromatic N) is 8. The number of aryl methyl sites for hydroxylation is 1. The number of unbranched alkanes of at least 4 members (excludes halogenated alkanes) is 1. The number of para-hydroxylation sites is 1. The van der Waals surface area contributed by atoms with Crippen LogP contribution in [-0.4, -0.2) is 295 Å². The number of ketones is 2. The number of esters is 1. The zero-order valence-electron chi connectivity index (χ0n) is 77.8. The SMILES string of the molecule is COc1cccc2cc(-c3nc([C@H]4CC[C@H](C(O)NCCOCCOCCNC(=O)CCOCCOCCOCCOCCn5cc(CCCCO[C@@H]6CC[C@@H](C[C@@H](C)[C@@H]7C[C@@H](OC)[C@H](C)/C=C(\C)[C@@H](O)[C@@H](O)C(=O)[C@H](C)C[C@H](C)/C=C/C=C/C=C(\C)[C@@H](OC)C[C@@H]8CC[C@@H](C)[C@@](O)(O8)C(=O)C(=O)N8CCCC[C@H]8C(=O)O7)C[C@H]6OC)nn5)CC4)n4ncnc(N)c34)[nH]c12. The van der Waals surface area contributed by atoms with Gasteiger partial charge in [-0.3, -0.25) is 24.5 Å². The summed E-state index contributed by atoms with van der Waals surface area (Å²) in [5.74, 6) is -5.51. The molecule has 2 bridgehead atoms. The van der Waals surface area contributed by atoms with Crippen molar-refractivity contribution in [3.63, 3.8) is 0 Å². The highest BCUT2D eigenvalue weighted by Gasteiger charge is 2.53. The number of amides is 2. The molecule has 10 rings (SSSR count). The van der Waals surface area contributed by atoms with Gasteiger partial charge >= 0.3 is 5.97 Å². The normalized spacial score (nSPS) is 29.0. The number of methoxy groups -OCH3 is 4. The molecule has 718 valence electrons. The van der Waals surface area contributed by atoms with Gasteiger partial charge in [-0.25, -0.2) is 24.0 Å². The summed E-state index contributed by atoms with van der Waals surface area (Å²) in [5.41, 5.74) is 11.6. The number of aliphatic hydroxyl groups excluding tert-OH is 3. The lowest BCUT2D eigenvalue weighted by molar-refractivity contribution is -0.265. The molecule has 7 heterocycles. The van der Waals surface area contributed by atoms with Gasteiger partial charge in [-0.15, -0.1) is 5.10 Å². The van der Waals surface area contributed by atoms with Crippen LogP contribution in [0.3, 0.4) is 0 Å². The third kappa shape index (κ3) is 30.3. The minimum absolute atomic E-state index is 0.0345. The van der Waals surface area contributed by atoms with Crippen molar-refractivity contribution < 1.29 is 106 Å². The second-order valence-corrected chi connectivity index (χ2v) is 35.7. The first-order valence-corrected chi connectivity index (χ1v) is 46.8. The van der Waals surface area contributed by atoms with Gasteiger partial charge in [0.25, 0.3) is 11.7 Å². The van der Waals surface area contributed by atoms with E-state index in [2.05, 4.69) is 36.0 Å². The van der Waals surface area contributed by atoms with Gasteiger partial charge in [0.15, 0.2) is 11.6 Å². The molecule has 0 spiro atoms. The Morgan fingerprint density at radius 1 is 0.744 bits per heavy atom. The number of Topliss-reactive ketones (excluding diaryl/α,β-unsaturated/α-hetero) is 2. The highest BCUT2D eigenvalue weighted by molar-refractivity contribution is 6.39. The van der Waals surface area contributed by atoms with Crippen LogP contribution < -0.4 is 21.1 Å². The van der Waals surface area contributed by atoms with Crippen LogP contribution in [0.4, 0.5) is 5.82 Å². The van der Waals surface area contributed by atoms with E-state index >= 15 is 0 Å². The fraction of sp³-hybridized carbons (Fsp3) is 0.705. The van der Waals surface area contributed by atoms with Crippen molar-refractivity contribution in [2.24, 2.45) is 41.4 Å². The first-order valence-electron chi connectivity index (χ1n) is 46.8. The molecule has 17 atom stereocenters. The average molecular weight is 1810 g/mol. The molecule has 5 aromatic rings. The molecule has 4 aromatic heterocycles. The number of H-pyrrole nitrogens is 1. The number of aromatic amines is 1. The fourth-order valence-electron chi connectivity index (χ4n) is 18.5. The van der Waals surface area contributed by atoms with Crippen molar-refractivity contribution in [3.05, 3.63) is 95.9 Å². The Hall–Kier alpha value is -7.88. The lowest BCUT2D eigenvalue weighted by Crippen LogP contribution is -2.61. The number of anilines is 1. The first-order chi connectivity index (χ1) is 62.3. The minimum atomic E-state index is -2.44. The number of hydrogen-bond acceptors (Lipinski definition) is 29. The van der Waals surface area contributed by atoms with Crippen LogP contribution in [-0.2, 0) is 93.8 Å². The van der Waals surface area contributed by atoms with Gasteiger partial charge in [-0.1, -0.05) is 88.4 Å². The summed E-state index contributed by atoms with van der Waals surface area (Å²) in [6, 6.07) is 6.79. The van der Waals surface area contributed by atoms with Crippen molar-refractivity contribution in [1.82, 2.24) is 55.1 Å². The molecular weight excluding hydrogens is 1660 g/mol. The van der Waals surface area contributed by atoms with Gasteiger partial charge in [-0.05, 0) is 170 Å². The van der Waals surface area contributed by atoms with E-state index in [0.717, 1.165) is 97.2 Å². The maximum Gasteiger partial charge on any atom is 0.329 e. The number of allylic oxidation sites excluding steroid dienone is 5. The number of carbonyl (C=O) groups excluding carboxylic acids is 5. The van der Waals surface area contributed by atoms with Gasteiger partial charge in [0.05, 0.1) is 140 Å². The van der Waals surface area contributed by atoms with Crippen LogP contribution in [0.2, 0.25) is 0 Å². The molecule has 9 N–H and O–H groups in total. The number of benzene rings is 1. The number of cyclic esters (lactones) is 1. The predicted octanol–water partition coefficient (Wildman–Crippen LogP) is 9.28. The summed E-state index contributed by atoms with van der Waals surface area (Å²) in [7, 11) is 6.50. The number of ether oxygens (including phenoxy) is 13. The topological polar surface area (TPSA) is 429 Å². The third-order valence-corrected chi connectivity index (χ3v) is 26.2. The Bertz CT molecular complexity index is 4390. The summed E-state index contributed by atoms with van der Waals surface area (Å²) in [6.45, 7) is 19.6. The minimum Gasteiger partial charge on any atom is -0.495 e. The van der Waals surface area contributed by atoms with Crippen LogP contribution in [0.15, 0.2) is 84.4 Å². The van der Waals surface area contributed by atoms with E-state index in [9.17, 15) is 44.4 Å². The van der Waals surface area contributed by atoms with Gasteiger partial charge in [0, 0.05) is 102 Å². The monoisotopic (exact) mass is 1810 g/mol. The number of nitrogens with one attached hydrogen (secondary N) is 3. The zero-order valence-corrected chi connectivity index (χ0v) is 77.8. The standard InChI is InChI=1S/C95H146N12O22/c1-61-20-13-12-14-21-62(2)78(118-9)57-73-32-26-67(7)95(116,129-73)89(112)93(114)106-37-17-15-24-75(106)94(115)128-80(58-79(119-10)63(3)53-66(6)87(110)88(111)86(109)65(5)52-61)64(4)54-68-27-33-76(81(55-68)120-11)127-39-18-16-23-72-59-105(104-103-72)38-43-124-47-49-126-51-50-125-48-44-121-40-34-82(108)97-35-41-122-45-46-123-42-36-98-92(113)70-30-28-69(29-31-70)91-102-84(85-90(96)99-60-100-107(85)91)74-56-71-22-19-25-77(117-8)83(71)101-74/h12-14,19-22,25,53,56,59-61,63-65,67-70,73,75-76,78-81,87-88,92,98,101,110-111,113,116H,15-18,23-24,26-52,54-55,57-58H2,1-11H3,(H,97,108)(H2,96,99,100)/b14-12+,20-13+,62-21+,66-53+/t61-,63-,64-,65-,67-,68+,69-,70-,73+,75+,76-,78+,79-,80+,81-,87-,88+,92?,95-/m1/s1. The van der Waals surface area contributed by atoms with E-state index in [1.807, 2.05) is 93.1 Å². The Kier molecular flexibility index (Phi) is 42.5. The van der Waals surface area contributed by atoms with Crippen molar-refractivity contribution in [3.8, 4) is 17.1 Å². The van der Waals surface area contributed by atoms with E-state index < -0.39 is 95.9 Å². The number of nitrogens with two attached hydrogens (primary N) is 1. The number of imidazole rings is 1. The highest BCUT2D eigenvalue weighted by atomic mass is 16.6. The molecule has 3 aliphatic heterocycles. The molecule has 34 heteroatoms. The number of piperidine rings is 1. The number of aliphatic hydroxyl groups is 4. The largest absolute Gasteiger partial charge is 0.495 e. The molecule has 4 fully saturated rings. The Balaban J connectivity index is 0.555. The number of hydrogen-bond donors (Lipinski definition) is 8. The molecule has 2 saturated heterocycles. The van der Waals surface area contributed by atoms with Crippen LogP contribution in [0.25, 0.3) is 27.8 Å². The quantitative estimate of drug-likeness (QED) is 0.00593. The molecule has 2 aliphatic carbocycles. The lowest BCUT2D eigenvalue weighted by atomic mass is 9.78.